The summed E-state index contributed by atoms with van der Waals surface area (Å²) in [4.78, 5) is 4.74. The molecule has 1 unspecified atom stereocenters. The van der Waals surface area contributed by atoms with Gasteiger partial charge in [0.25, 0.3) is 0 Å². The number of ether oxygens (including phenoxy) is 1. The number of likely N-dealkylation sites (N-methyl/N-ethyl adjacent to an activating group) is 1. The summed E-state index contributed by atoms with van der Waals surface area (Å²) in [5.41, 5.74) is 2.08. The summed E-state index contributed by atoms with van der Waals surface area (Å²) in [6.45, 7) is 5.80. The number of hydrogen-bond donors (Lipinski definition) is 1. The molecular formula is C15H20N2OS. The first-order valence-electron chi connectivity index (χ1n) is 6.58. The Bertz CT molecular complexity index is 524. The topological polar surface area (TPSA) is 34.1 Å². The first-order chi connectivity index (χ1) is 9.26. The van der Waals surface area contributed by atoms with Crippen LogP contribution in [0, 0.1) is 0 Å². The molecule has 1 aromatic heterocycles. The van der Waals surface area contributed by atoms with Crippen molar-refractivity contribution in [1.29, 1.82) is 0 Å². The number of benzene rings is 1. The van der Waals surface area contributed by atoms with Crippen molar-refractivity contribution in [3.8, 4) is 17.0 Å². The molecule has 0 bridgehead atoms. The predicted molar refractivity (Wildman–Crippen MR) is 81.1 cm³/mol. The number of thiazole rings is 1. The maximum Gasteiger partial charge on any atom is 0.128 e. The van der Waals surface area contributed by atoms with Crippen molar-refractivity contribution in [2.75, 3.05) is 20.2 Å². The fraction of sp³-hybridized carbons (Fsp3) is 0.400. The Labute approximate surface area is 118 Å². The van der Waals surface area contributed by atoms with Crippen LogP contribution in [0.5, 0.6) is 5.75 Å². The zero-order valence-electron chi connectivity index (χ0n) is 11.6. The predicted octanol–water partition coefficient (Wildman–Crippen LogP) is 3.53. The van der Waals surface area contributed by atoms with E-state index in [0.717, 1.165) is 28.6 Å². The quantitative estimate of drug-likeness (QED) is 0.876. The summed E-state index contributed by atoms with van der Waals surface area (Å²) in [5, 5.41) is 6.46. The normalized spacial score (nSPS) is 12.4. The molecule has 0 radical (unpaired) electrons. The fourth-order valence-electron chi connectivity index (χ4n) is 1.99. The Morgan fingerprint density at radius 1 is 1.37 bits per heavy atom. The molecule has 1 heterocycles. The second kappa shape index (κ2) is 6.68. The minimum Gasteiger partial charge on any atom is -0.493 e. The lowest BCUT2D eigenvalue weighted by molar-refractivity contribution is 0.341. The van der Waals surface area contributed by atoms with E-state index in [4.69, 9.17) is 9.72 Å². The summed E-state index contributed by atoms with van der Waals surface area (Å²) in [6, 6.07) is 8.07. The Morgan fingerprint density at radius 3 is 2.89 bits per heavy atom. The van der Waals surface area contributed by atoms with E-state index < -0.39 is 0 Å². The van der Waals surface area contributed by atoms with Crippen LogP contribution < -0.4 is 10.1 Å². The molecule has 2 rings (SSSR count). The number of nitrogens with zero attached hydrogens (tertiary/aromatic N) is 1. The lowest BCUT2D eigenvalue weighted by Gasteiger charge is -2.08. The highest BCUT2D eigenvalue weighted by atomic mass is 32.1. The van der Waals surface area contributed by atoms with E-state index in [-0.39, 0.29) is 0 Å². The van der Waals surface area contributed by atoms with Gasteiger partial charge in [0.1, 0.15) is 5.75 Å². The number of aromatic nitrogens is 1. The van der Waals surface area contributed by atoms with Gasteiger partial charge in [0.15, 0.2) is 0 Å². The van der Waals surface area contributed by atoms with Gasteiger partial charge in [-0.25, -0.2) is 4.98 Å². The molecule has 0 saturated carbocycles. The van der Waals surface area contributed by atoms with Gasteiger partial charge >= 0.3 is 0 Å². The summed E-state index contributed by atoms with van der Waals surface area (Å²) < 4.78 is 5.66. The van der Waals surface area contributed by atoms with Gasteiger partial charge < -0.3 is 10.1 Å². The third-order valence-corrected chi connectivity index (χ3v) is 3.99. The highest BCUT2D eigenvalue weighted by Gasteiger charge is 2.13. The third-order valence-electron chi connectivity index (χ3n) is 2.92. The fourth-order valence-corrected chi connectivity index (χ4v) is 2.87. The molecule has 0 aliphatic carbocycles. The number of nitrogens with one attached hydrogen (secondary N) is 1. The van der Waals surface area contributed by atoms with Gasteiger partial charge in [-0.3, -0.25) is 0 Å². The number of para-hydroxylation sites is 1. The Hall–Kier alpha value is -1.39. The van der Waals surface area contributed by atoms with Crippen molar-refractivity contribution >= 4 is 11.3 Å². The van der Waals surface area contributed by atoms with Gasteiger partial charge in [0, 0.05) is 23.4 Å². The van der Waals surface area contributed by atoms with Gasteiger partial charge in [-0.15, -0.1) is 11.3 Å². The van der Waals surface area contributed by atoms with Crippen LogP contribution >= 0.6 is 11.3 Å². The van der Waals surface area contributed by atoms with Crippen LogP contribution in [0.1, 0.15) is 24.8 Å². The molecule has 0 amide bonds. The molecule has 19 heavy (non-hydrogen) atoms. The van der Waals surface area contributed by atoms with Gasteiger partial charge in [0.05, 0.1) is 17.3 Å². The second-order valence-corrected chi connectivity index (χ2v) is 5.35. The smallest absolute Gasteiger partial charge is 0.128 e. The van der Waals surface area contributed by atoms with Crippen molar-refractivity contribution < 1.29 is 4.74 Å². The Morgan fingerprint density at radius 2 is 2.16 bits per heavy atom. The summed E-state index contributed by atoms with van der Waals surface area (Å²) >= 11 is 1.71. The van der Waals surface area contributed by atoms with Crippen molar-refractivity contribution in [1.82, 2.24) is 10.3 Å². The highest BCUT2D eigenvalue weighted by molar-refractivity contribution is 7.10. The lowest BCUT2D eigenvalue weighted by Crippen LogP contribution is -2.14. The minimum atomic E-state index is 0.433. The van der Waals surface area contributed by atoms with Crippen LogP contribution in [0.4, 0.5) is 0 Å². The summed E-state index contributed by atoms with van der Waals surface area (Å²) in [7, 11) is 1.97. The van der Waals surface area contributed by atoms with Crippen LogP contribution in [0.3, 0.4) is 0 Å². The highest BCUT2D eigenvalue weighted by Crippen LogP contribution is 2.32. The SMILES string of the molecule is CCOc1ccccc1-c1csc(C(C)CNC)n1. The van der Waals surface area contributed by atoms with Gasteiger partial charge in [-0.2, -0.15) is 0 Å². The first-order valence-corrected chi connectivity index (χ1v) is 7.46. The molecule has 102 valence electrons. The van der Waals surface area contributed by atoms with E-state index in [0.29, 0.717) is 12.5 Å². The third kappa shape index (κ3) is 3.33. The molecule has 1 aromatic carbocycles. The molecule has 0 saturated heterocycles. The standard InChI is InChI=1S/C15H20N2OS/c1-4-18-14-8-6-5-7-12(14)13-10-19-15(17-13)11(2)9-16-3/h5-8,10-11,16H,4,9H2,1-3H3. The largest absolute Gasteiger partial charge is 0.493 e. The van der Waals surface area contributed by atoms with Crippen LogP contribution in [0.2, 0.25) is 0 Å². The van der Waals surface area contributed by atoms with E-state index in [1.807, 2.05) is 32.2 Å². The molecule has 0 aliphatic heterocycles. The molecule has 0 aliphatic rings. The van der Waals surface area contributed by atoms with E-state index in [9.17, 15) is 0 Å². The molecular weight excluding hydrogens is 256 g/mol. The first kappa shape index (κ1) is 14.0. The van der Waals surface area contributed by atoms with Crippen molar-refractivity contribution in [2.24, 2.45) is 0 Å². The van der Waals surface area contributed by atoms with Crippen LogP contribution in [-0.4, -0.2) is 25.2 Å². The van der Waals surface area contributed by atoms with Crippen LogP contribution in [0.15, 0.2) is 29.6 Å². The maximum atomic E-state index is 5.66. The molecule has 0 fully saturated rings. The van der Waals surface area contributed by atoms with Crippen LogP contribution in [-0.2, 0) is 0 Å². The molecule has 2 aromatic rings. The van der Waals surface area contributed by atoms with Crippen molar-refractivity contribution in [3.05, 3.63) is 34.7 Å². The van der Waals surface area contributed by atoms with E-state index in [1.165, 1.54) is 0 Å². The van der Waals surface area contributed by atoms with Gasteiger partial charge in [-0.1, -0.05) is 19.1 Å². The van der Waals surface area contributed by atoms with Gasteiger partial charge in [-0.05, 0) is 26.1 Å². The summed E-state index contributed by atoms with van der Waals surface area (Å²) in [6.07, 6.45) is 0. The van der Waals surface area contributed by atoms with Crippen molar-refractivity contribution in [2.45, 2.75) is 19.8 Å². The molecule has 1 N–H and O–H groups in total. The number of rotatable bonds is 6. The second-order valence-electron chi connectivity index (χ2n) is 4.46. The van der Waals surface area contributed by atoms with E-state index in [1.54, 1.807) is 11.3 Å². The van der Waals surface area contributed by atoms with E-state index >= 15 is 0 Å². The molecule has 3 nitrogen and oxygen atoms in total. The minimum absolute atomic E-state index is 0.433. The Balaban J connectivity index is 2.27. The van der Waals surface area contributed by atoms with Crippen LogP contribution in [0.25, 0.3) is 11.3 Å². The summed E-state index contributed by atoms with van der Waals surface area (Å²) in [5.74, 6) is 1.34. The average Bonchev–Trinajstić information content (AvgIpc) is 2.90. The van der Waals surface area contributed by atoms with Gasteiger partial charge in [0.2, 0.25) is 0 Å². The molecule has 4 heteroatoms. The van der Waals surface area contributed by atoms with E-state index in [2.05, 4.69) is 23.7 Å². The molecule has 1 atom stereocenters. The Kier molecular flexibility index (Phi) is 4.93. The lowest BCUT2D eigenvalue weighted by atomic mass is 10.1. The maximum absolute atomic E-state index is 5.66. The average molecular weight is 276 g/mol. The monoisotopic (exact) mass is 276 g/mol. The number of hydrogen-bond acceptors (Lipinski definition) is 4. The molecule has 0 spiro atoms. The zero-order valence-corrected chi connectivity index (χ0v) is 12.5. The van der Waals surface area contributed by atoms with Crippen molar-refractivity contribution in [3.63, 3.8) is 0 Å². The zero-order chi connectivity index (χ0) is 13.7.